The van der Waals surface area contributed by atoms with Crippen LogP contribution in [-0.2, 0) is 4.79 Å². The van der Waals surface area contributed by atoms with Crippen molar-refractivity contribution in [2.75, 3.05) is 25.0 Å². The van der Waals surface area contributed by atoms with Gasteiger partial charge in [0.25, 0.3) is 11.8 Å². The van der Waals surface area contributed by atoms with Gasteiger partial charge in [0.15, 0.2) is 12.9 Å². The summed E-state index contributed by atoms with van der Waals surface area (Å²) in [6, 6.07) is 17.8. The number of hydrogen-bond acceptors (Lipinski definition) is 4. The number of aldehydes is 1. The van der Waals surface area contributed by atoms with Crippen molar-refractivity contribution < 1.29 is 19.1 Å². The molecule has 3 aromatic carbocycles. The Bertz CT molecular complexity index is 1070. The Morgan fingerprint density at radius 2 is 1.77 bits per heavy atom. The quantitative estimate of drug-likeness (QED) is 0.572. The zero-order valence-electron chi connectivity index (χ0n) is 17.1. The van der Waals surface area contributed by atoms with Crippen molar-refractivity contribution in [2.24, 2.45) is 0 Å². The molecule has 0 aliphatic heterocycles. The van der Waals surface area contributed by atoms with E-state index in [4.69, 9.17) is 4.74 Å². The number of nitrogens with one attached hydrogen (secondary N) is 1. The summed E-state index contributed by atoms with van der Waals surface area (Å²) >= 11 is 0. The molecule has 1 N–H and O–H groups in total. The molecule has 154 valence electrons. The molecule has 6 nitrogen and oxygen atoms in total. The number of fused-ring (bicyclic) bond motifs is 1. The molecule has 3 rings (SSSR count). The number of nitrogens with zero attached hydrogens (tertiary/aromatic N) is 1. The van der Waals surface area contributed by atoms with Gasteiger partial charge in [-0.2, -0.15) is 0 Å². The summed E-state index contributed by atoms with van der Waals surface area (Å²) in [5.74, 6) is -0.115. The smallest absolute Gasteiger partial charge is 0.262 e. The van der Waals surface area contributed by atoms with Gasteiger partial charge in [0.05, 0.1) is 5.56 Å². The van der Waals surface area contributed by atoms with Crippen molar-refractivity contribution in [2.45, 2.75) is 13.8 Å². The molecule has 0 unspecified atom stereocenters. The largest absolute Gasteiger partial charge is 0.483 e. The van der Waals surface area contributed by atoms with Gasteiger partial charge in [0, 0.05) is 24.3 Å². The van der Waals surface area contributed by atoms with Crippen LogP contribution in [0.4, 0.5) is 5.69 Å². The molecule has 0 saturated carbocycles. The molecule has 3 aromatic rings. The number of benzene rings is 3. The van der Waals surface area contributed by atoms with Crippen LogP contribution in [0.1, 0.15) is 34.6 Å². The molecule has 0 radical (unpaired) electrons. The van der Waals surface area contributed by atoms with E-state index in [1.807, 2.05) is 44.2 Å². The van der Waals surface area contributed by atoms with Gasteiger partial charge >= 0.3 is 0 Å². The number of ether oxygens (including phenoxy) is 1. The third-order valence-electron chi connectivity index (χ3n) is 4.85. The van der Waals surface area contributed by atoms with E-state index in [1.54, 1.807) is 35.2 Å². The van der Waals surface area contributed by atoms with Crippen LogP contribution in [0.25, 0.3) is 10.8 Å². The topological polar surface area (TPSA) is 75.7 Å². The molecule has 0 atom stereocenters. The van der Waals surface area contributed by atoms with Crippen molar-refractivity contribution >= 4 is 34.6 Å². The van der Waals surface area contributed by atoms with E-state index < -0.39 is 0 Å². The molecule has 0 aromatic heterocycles. The first-order chi connectivity index (χ1) is 14.6. The van der Waals surface area contributed by atoms with Crippen LogP contribution in [0.2, 0.25) is 0 Å². The second kappa shape index (κ2) is 9.69. The Labute approximate surface area is 175 Å². The lowest BCUT2D eigenvalue weighted by molar-refractivity contribution is -0.118. The Morgan fingerprint density at radius 1 is 1.00 bits per heavy atom. The van der Waals surface area contributed by atoms with Gasteiger partial charge in [-0.25, -0.2) is 0 Å². The average Bonchev–Trinajstić information content (AvgIpc) is 2.78. The first-order valence-corrected chi connectivity index (χ1v) is 9.86. The number of rotatable bonds is 8. The minimum absolute atomic E-state index is 0.0841. The van der Waals surface area contributed by atoms with Crippen molar-refractivity contribution in [3.05, 3.63) is 71.8 Å². The standard InChI is InChI=1S/C24H24N2O4/c1-3-26(4-2)24(29)18-9-7-10-19(14-18)25-23(28)16-30-22-13-12-17-8-5-6-11-20(17)21(22)15-27/h5-15H,3-4,16H2,1-2H3,(H,25,28). The molecule has 2 amide bonds. The fourth-order valence-corrected chi connectivity index (χ4v) is 3.29. The lowest BCUT2D eigenvalue weighted by Gasteiger charge is -2.19. The van der Waals surface area contributed by atoms with Gasteiger partial charge in [-0.05, 0) is 48.9 Å². The SMILES string of the molecule is CCN(CC)C(=O)c1cccc(NC(=O)COc2ccc3ccccc3c2C=O)c1. The van der Waals surface area contributed by atoms with Crippen LogP contribution in [0.5, 0.6) is 5.75 Å². The first kappa shape index (κ1) is 21.0. The normalized spacial score (nSPS) is 10.5. The Hall–Kier alpha value is -3.67. The predicted octanol–water partition coefficient (Wildman–Crippen LogP) is 4.15. The van der Waals surface area contributed by atoms with Gasteiger partial charge in [-0.1, -0.05) is 36.4 Å². The maximum atomic E-state index is 12.5. The molecule has 0 heterocycles. The van der Waals surface area contributed by atoms with Crippen molar-refractivity contribution in [3.8, 4) is 5.75 Å². The van der Waals surface area contributed by atoms with Crippen LogP contribution in [-0.4, -0.2) is 42.7 Å². The summed E-state index contributed by atoms with van der Waals surface area (Å²) < 4.78 is 5.60. The summed E-state index contributed by atoms with van der Waals surface area (Å²) in [6.45, 7) is 4.82. The number of hydrogen-bond donors (Lipinski definition) is 1. The molecule has 30 heavy (non-hydrogen) atoms. The molecular weight excluding hydrogens is 380 g/mol. The van der Waals surface area contributed by atoms with Gasteiger partial charge in [0.1, 0.15) is 5.75 Å². The Balaban J connectivity index is 1.68. The van der Waals surface area contributed by atoms with Gasteiger partial charge < -0.3 is 15.0 Å². The van der Waals surface area contributed by atoms with Crippen molar-refractivity contribution in [1.82, 2.24) is 4.90 Å². The zero-order valence-corrected chi connectivity index (χ0v) is 17.1. The second-order valence-corrected chi connectivity index (χ2v) is 6.71. The average molecular weight is 404 g/mol. The van der Waals surface area contributed by atoms with Crippen LogP contribution in [0.15, 0.2) is 60.7 Å². The molecule has 0 fully saturated rings. The maximum Gasteiger partial charge on any atom is 0.262 e. The van der Waals surface area contributed by atoms with Crippen LogP contribution in [0, 0.1) is 0 Å². The van der Waals surface area contributed by atoms with E-state index in [0.717, 1.165) is 17.1 Å². The highest BCUT2D eigenvalue weighted by Crippen LogP contribution is 2.26. The fourth-order valence-electron chi connectivity index (χ4n) is 3.29. The zero-order chi connectivity index (χ0) is 21.5. The highest BCUT2D eigenvalue weighted by molar-refractivity contribution is 6.01. The molecule has 0 aliphatic carbocycles. The van der Waals surface area contributed by atoms with Gasteiger partial charge in [0.2, 0.25) is 0 Å². The van der Waals surface area contributed by atoms with Gasteiger partial charge in [-0.15, -0.1) is 0 Å². The van der Waals surface area contributed by atoms with E-state index in [-0.39, 0.29) is 18.4 Å². The van der Waals surface area contributed by atoms with E-state index in [1.165, 1.54) is 0 Å². The van der Waals surface area contributed by atoms with E-state index >= 15 is 0 Å². The first-order valence-electron chi connectivity index (χ1n) is 9.86. The predicted molar refractivity (Wildman–Crippen MR) is 117 cm³/mol. The van der Waals surface area contributed by atoms with Crippen LogP contribution >= 0.6 is 0 Å². The fraction of sp³-hybridized carbons (Fsp3) is 0.208. The van der Waals surface area contributed by atoms with Crippen molar-refractivity contribution in [3.63, 3.8) is 0 Å². The monoisotopic (exact) mass is 404 g/mol. The summed E-state index contributed by atoms with van der Waals surface area (Å²) in [5, 5.41) is 4.43. The number of anilines is 1. The molecule has 0 aliphatic rings. The molecule has 0 spiro atoms. The Morgan fingerprint density at radius 3 is 2.50 bits per heavy atom. The third-order valence-corrected chi connectivity index (χ3v) is 4.85. The minimum atomic E-state index is -0.382. The molecule has 6 heteroatoms. The van der Waals surface area contributed by atoms with Gasteiger partial charge in [-0.3, -0.25) is 14.4 Å². The third kappa shape index (κ3) is 4.66. The lowest BCUT2D eigenvalue weighted by Crippen LogP contribution is -2.30. The molecular formula is C24H24N2O4. The number of amides is 2. The lowest BCUT2D eigenvalue weighted by atomic mass is 10.0. The number of carbonyl (C=O) groups excluding carboxylic acids is 3. The Kier molecular flexibility index (Phi) is 6.80. The molecule has 0 saturated heterocycles. The van der Waals surface area contributed by atoms with Crippen LogP contribution in [0.3, 0.4) is 0 Å². The van der Waals surface area contributed by atoms with Crippen molar-refractivity contribution in [1.29, 1.82) is 0 Å². The summed E-state index contributed by atoms with van der Waals surface area (Å²) in [6.07, 6.45) is 0.734. The summed E-state index contributed by atoms with van der Waals surface area (Å²) in [5.41, 5.74) is 1.43. The van der Waals surface area contributed by atoms with Crippen LogP contribution < -0.4 is 10.1 Å². The minimum Gasteiger partial charge on any atom is -0.483 e. The molecule has 0 bridgehead atoms. The van der Waals surface area contributed by atoms with E-state index in [2.05, 4.69) is 5.32 Å². The van der Waals surface area contributed by atoms with E-state index in [0.29, 0.717) is 35.7 Å². The second-order valence-electron chi connectivity index (χ2n) is 6.71. The maximum absolute atomic E-state index is 12.5. The highest BCUT2D eigenvalue weighted by Gasteiger charge is 2.14. The number of carbonyl (C=O) groups is 3. The summed E-state index contributed by atoms with van der Waals surface area (Å²) in [7, 11) is 0. The van der Waals surface area contributed by atoms with E-state index in [9.17, 15) is 14.4 Å². The summed E-state index contributed by atoms with van der Waals surface area (Å²) in [4.78, 5) is 38.1. The highest BCUT2D eigenvalue weighted by atomic mass is 16.5.